The van der Waals surface area contributed by atoms with Crippen molar-refractivity contribution in [3.63, 3.8) is 0 Å². The van der Waals surface area contributed by atoms with Crippen molar-refractivity contribution in [1.29, 1.82) is 0 Å². The molecule has 3 nitrogen and oxygen atoms in total. The molecular formula is C15H14F6O3. The second-order valence-electron chi connectivity index (χ2n) is 5.27. The number of ether oxygens (including phenoxy) is 2. The van der Waals surface area contributed by atoms with Crippen LogP contribution in [0.2, 0.25) is 0 Å². The van der Waals surface area contributed by atoms with Crippen LogP contribution in [0.1, 0.15) is 29.7 Å². The molecule has 0 aliphatic carbocycles. The van der Waals surface area contributed by atoms with E-state index in [2.05, 4.69) is 0 Å². The van der Waals surface area contributed by atoms with Gasteiger partial charge < -0.3 is 14.6 Å². The first-order chi connectivity index (χ1) is 11.0. The quantitative estimate of drug-likeness (QED) is 0.655. The Bertz CT molecular complexity index is 576. The number of alkyl halides is 6. The maximum Gasteiger partial charge on any atom is 0.416 e. The molecule has 0 amide bonds. The standard InChI is InChI=1S/C15H14F6O3/c1-8(24-13-3-2-12(22)7-23-13)9-4-10(14(16,17)18)6-11(5-9)15(19,20)21/h2-6,8,12-13,22H,7H2,1H3/t8-,12-,13-/m1/s1. The second kappa shape index (κ2) is 6.73. The van der Waals surface area contributed by atoms with Crippen LogP contribution >= 0.6 is 0 Å². The van der Waals surface area contributed by atoms with Crippen molar-refractivity contribution < 1.29 is 40.9 Å². The lowest BCUT2D eigenvalue weighted by atomic mass is 10.0. The molecule has 2 rings (SSSR count). The van der Waals surface area contributed by atoms with E-state index in [-0.39, 0.29) is 18.2 Å². The number of hydrogen-bond donors (Lipinski definition) is 1. The Hall–Kier alpha value is -1.58. The highest BCUT2D eigenvalue weighted by Gasteiger charge is 2.37. The third kappa shape index (κ3) is 4.71. The van der Waals surface area contributed by atoms with Gasteiger partial charge in [-0.3, -0.25) is 0 Å². The number of rotatable bonds is 3. The molecule has 1 aromatic carbocycles. The lowest BCUT2D eigenvalue weighted by molar-refractivity contribution is -0.158. The summed E-state index contributed by atoms with van der Waals surface area (Å²) in [5.41, 5.74) is -3.09. The minimum atomic E-state index is -4.92. The molecule has 0 unspecified atom stereocenters. The van der Waals surface area contributed by atoms with E-state index in [9.17, 15) is 31.4 Å². The normalized spacial score (nSPS) is 23.3. The van der Waals surface area contributed by atoms with Crippen LogP contribution in [0.25, 0.3) is 0 Å². The number of halogens is 6. The molecule has 0 spiro atoms. The largest absolute Gasteiger partial charge is 0.416 e. The molecule has 1 aliphatic heterocycles. The summed E-state index contributed by atoms with van der Waals surface area (Å²) in [6, 6.07) is 1.28. The fraction of sp³-hybridized carbons (Fsp3) is 0.467. The average molecular weight is 356 g/mol. The van der Waals surface area contributed by atoms with Crippen molar-refractivity contribution in [1.82, 2.24) is 0 Å². The summed E-state index contributed by atoms with van der Waals surface area (Å²) >= 11 is 0. The van der Waals surface area contributed by atoms with Gasteiger partial charge in [0.25, 0.3) is 0 Å². The van der Waals surface area contributed by atoms with Crippen molar-refractivity contribution >= 4 is 0 Å². The molecule has 0 saturated carbocycles. The highest BCUT2D eigenvalue weighted by molar-refractivity contribution is 5.34. The topological polar surface area (TPSA) is 38.7 Å². The van der Waals surface area contributed by atoms with Crippen molar-refractivity contribution in [2.24, 2.45) is 0 Å². The SMILES string of the molecule is C[C@@H](O[C@@H]1C=C[C@@H](O)CO1)c1cc(C(F)(F)F)cc(C(F)(F)F)c1. The van der Waals surface area contributed by atoms with Crippen molar-refractivity contribution in [3.8, 4) is 0 Å². The number of aliphatic hydroxyl groups excluding tert-OH is 1. The first kappa shape index (κ1) is 18.8. The Morgan fingerprint density at radius 3 is 2.00 bits per heavy atom. The molecule has 0 radical (unpaired) electrons. The Morgan fingerprint density at radius 1 is 1.04 bits per heavy atom. The van der Waals surface area contributed by atoms with Gasteiger partial charge in [-0.15, -0.1) is 0 Å². The van der Waals surface area contributed by atoms with Gasteiger partial charge in [0.2, 0.25) is 0 Å². The third-order valence-corrected chi connectivity index (χ3v) is 3.34. The average Bonchev–Trinajstić information content (AvgIpc) is 2.47. The van der Waals surface area contributed by atoms with Crippen LogP contribution in [0.4, 0.5) is 26.3 Å². The maximum absolute atomic E-state index is 12.8. The van der Waals surface area contributed by atoms with Gasteiger partial charge in [-0.25, -0.2) is 0 Å². The predicted molar refractivity (Wildman–Crippen MR) is 70.8 cm³/mol. The summed E-state index contributed by atoms with van der Waals surface area (Å²) in [6.07, 6.45) is -10.0. The fourth-order valence-corrected chi connectivity index (χ4v) is 2.10. The maximum atomic E-state index is 12.8. The summed E-state index contributed by atoms with van der Waals surface area (Å²) in [4.78, 5) is 0. The Morgan fingerprint density at radius 2 is 1.58 bits per heavy atom. The molecule has 1 aromatic rings. The second-order valence-corrected chi connectivity index (χ2v) is 5.27. The van der Waals surface area contributed by atoms with Crippen LogP contribution in [-0.4, -0.2) is 24.1 Å². The zero-order valence-electron chi connectivity index (χ0n) is 12.4. The number of aliphatic hydroxyl groups is 1. The van der Waals surface area contributed by atoms with Gasteiger partial charge in [0.05, 0.1) is 29.9 Å². The minimum absolute atomic E-state index is 0.0591. The lowest BCUT2D eigenvalue weighted by Gasteiger charge is -2.25. The highest BCUT2D eigenvalue weighted by Crippen LogP contribution is 2.38. The first-order valence-electron chi connectivity index (χ1n) is 6.89. The number of hydrogen-bond acceptors (Lipinski definition) is 3. The van der Waals surface area contributed by atoms with Gasteiger partial charge in [0.1, 0.15) is 0 Å². The summed E-state index contributed by atoms with van der Waals surface area (Å²) < 4.78 is 87.4. The predicted octanol–water partition coefficient (Wildman–Crippen LogP) is 4.08. The van der Waals surface area contributed by atoms with Gasteiger partial charge in [-0.05, 0) is 36.8 Å². The molecule has 1 aliphatic rings. The minimum Gasteiger partial charge on any atom is -0.387 e. The van der Waals surface area contributed by atoms with E-state index in [0.29, 0.717) is 12.1 Å². The molecule has 3 atom stereocenters. The van der Waals surface area contributed by atoms with Gasteiger partial charge in [-0.1, -0.05) is 6.08 Å². The van der Waals surface area contributed by atoms with E-state index in [1.165, 1.54) is 19.1 Å². The Labute approximate surface area is 133 Å². The third-order valence-electron chi connectivity index (χ3n) is 3.34. The zero-order valence-corrected chi connectivity index (χ0v) is 12.4. The van der Waals surface area contributed by atoms with E-state index in [0.717, 1.165) is 0 Å². The van der Waals surface area contributed by atoms with E-state index in [1.807, 2.05) is 0 Å². The molecule has 0 bridgehead atoms. The molecule has 134 valence electrons. The molecule has 24 heavy (non-hydrogen) atoms. The van der Waals surface area contributed by atoms with E-state index in [4.69, 9.17) is 9.47 Å². The molecular weight excluding hydrogens is 342 g/mol. The van der Waals surface area contributed by atoms with Crippen LogP contribution in [0.3, 0.4) is 0 Å². The van der Waals surface area contributed by atoms with E-state index >= 15 is 0 Å². The summed E-state index contributed by atoms with van der Waals surface area (Å²) in [5, 5.41) is 9.21. The van der Waals surface area contributed by atoms with Crippen LogP contribution in [0.5, 0.6) is 0 Å². The molecule has 0 aromatic heterocycles. The van der Waals surface area contributed by atoms with Gasteiger partial charge in [-0.2, -0.15) is 26.3 Å². The molecule has 9 heteroatoms. The first-order valence-corrected chi connectivity index (χ1v) is 6.89. The molecule has 0 saturated heterocycles. The van der Waals surface area contributed by atoms with Crippen molar-refractivity contribution in [2.75, 3.05) is 6.61 Å². The summed E-state index contributed by atoms with van der Waals surface area (Å²) in [7, 11) is 0. The monoisotopic (exact) mass is 356 g/mol. The molecule has 1 heterocycles. The van der Waals surface area contributed by atoms with Crippen molar-refractivity contribution in [2.45, 2.75) is 37.8 Å². The van der Waals surface area contributed by atoms with Crippen molar-refractivity contribution in [3.05, 3.63) is 47.0 Å². The Kier molecular flexibility index (Phi) is 5.26. The van der Waals surface area contributed by atoms with Crippen LogP contribution in [0, 0.1) is 0 Å². The molecule has 0 fully saturated rings. The van der Waals surface area contributed by atoms with Crippen LogP contribution in [-0.2, 0) is 21.8 Å². The van der Waals surface area contributed by atoms with Crippen LogP contribution < -0.4 is 0 Å². The lowest BCUT2D eigenvalue weighted by Crippen LogP contribution is -2.27. The van der Waals surface area contributed by atoms with Gasteiger partial charge in [0.15, 0.2) is 6.29 Å². The highest BCUT2D eigenvalue weighted by atomic mass is 19.4. The zero-order chi connectivity index (χ0) is 18.1. The van der Waals surface area contributed by atoms with E-state index in [1.54, 1.807) is 0 Å². The van der Waals surface area contributed by atoms with Gasteiger partial charge in [0, 0.05) is 0 Å². The summed E-state index contributed by atoms with van der Waals surface area (Å²) in [6.45, 7) is 1.24. The van der Waals surface area contributed by atoms with Gasteiger partial charge >= 0.3 is 12.4 Å². The number of benzene rings is 1. The van der Waals surface area contributed by atoms with Crippen LogP contribution in [0.15, 0.2) is 30.4 Å². The summed E-state index contributed by atoms with van der Waals surface area (Å²) in [5.74, 6) is 0. The Balaban J connectivity index is 2.29. The smallest absolute Gasteiger partial charge is 0.387 e. The van der Waals surface area contributed by atoms with E-state index < -0.39 is 42.0 Å². The fourth-order valence-electron chi connectivity index (χ4n) is 2.10. The molecule has 1 N–H and O–H groups in total.